The van der Waals surface area contributed by atoms with E-state index in [1.165, 1.54) is 6.07 Å². The largest absolute Gasteiger partial charge is 0.493 e. The lowest BCUT2D eigenvalue weighted by atomic mass is 10.0. The summed E-state index contributed by atoms with van der Waals surface area (Å²) < 4.78 is 5.72. The summed E-state index contributed by atoms with van der Waals surface area (Å²) in [7, 11) is -3.93. The summed E-state index contributed by atoms with van der Waals surface area (Å²) >= 11 is 0. The van der Waals surface area contributed by atoms with E-state index in [1.54, 1.807) is 0 Å². The highest BCUT2D eigenvalue weighted by molar-refractivity contribution is 8.57. The van der Waals surface area contributed by atoms with Gasteiger partial charge in [-0.15, -0.1) is 0 Å². The van der Waals surface area contributed by atoms with E-state index in [4.69, 9.17) is 21.6 Å². The van der Waals surface area contributed by atoms with E-state index in [0.29, 0.717) is 6.42 Å². The van der Waals surface area contributed by atoms with E-state index in [2.05, 4.69) is 0 Å². The zero-order valence-electron chi connectivity index (χ0n) is 16.0. The second-order valence-electron chi connectivity index (χ2n) is 6.63. The van der Waals surface area contributed by atoms with Gasteiger partial charge in [0.1, 0.15) is 11.0 Å². The Morgan fingerprint density at radius 2 is 1.61 bits per heavy atom. The molecule has 0 aliphatic carbocycles. The van der Waals surface area contributed by atoms with Crippen LogP contribution >= 0.6 is 10.0 Å². The Hall–Kier alpha value is -3.86. The molecule has 3 rings (SSSR count). The van der Waals surface area contributed by atoms with Crippen LogP contribution in [-0.2, 0) is 11.2 Å². The molecule has 1 aliphatic rings. The summed E-state index contributed by atoms with van der Waals surface area (Å²) in [5, 5.41) is 23.0. The Morgan fingerprint density at radius 1 is 1.00 bits per heavy atom. The van der Waals surface area contributed by atoms with Crippen molar-refractivity contribution in [2.75, 3.05) is 6.61 Å². The third-order valence-corrected chi connectivity index (χ3v) is 8.39. The first-order valence-corrected chi connectivity index (χ1v) is 10.6. The van der Waals surface area contributed by atoms with Crippen molar-refractivity contribution in [3.05, 3.63) is 59.2 Å². The lowest BCUT2D eigenvalue weighted by Crippen LogP contribution is -2.42. The molecule has 2 aromatic rings. The second-order valence-corrected chi connectivity index (χ2v) is 9.64. The van der Waals surface area contributed by atoms with Crippen molar-refractivity contribution in [1.29, 1.82) is 5.41 Å². The average molecular weight is 445 g/mol. The van der Waals surface area contributed by atoms with Crippen LogP contribution in [0.2, 0.25) is 0 Å². The highest BCUT2D eigenvalue weighted by atomic mass is 32.3. The van der Waals surface area contributed by atoms with Gasteiger partial charge in [0.05, 0.1) is 23.4 Å². The number of nitrogens with two attached hydrogens (primary N) is 2. The maximum absolute atomic E-state index is 12.4. The van der Waals surface area contributed by atoms with Crippen LogP contribution in [0.5, 0.6) is 5.75 Å². The third kappa shape index (κ3) is 3.38. The van der Waals surface area contributed by atoms with Crippen molar-refractivity contribution >= 4 is 38.2 Å². The second kappa shape index (κ2) is 8.11. The predicted molar refractivity (Wildman–Crippen MR) is 112 cm³/mol. The number of primary amides is 2. The minimum absolute atomic E-state index is 0.0240. The molecular formula is C20H19N3O7S. The van der Waals surface area contributed by atoms with Crippen LogP contribution in [0.25, 0.3) is 0 Å². The van der Waals surface area contributed by atoms with E-state index in [0.717, 1.165) is 11.6 Å². The Balaban J connectivity index is 2.18. The number of rotatable bonds is 6. The van der Waals surface area contributed by atoms with Crippen LogP contribution < -0.4 is 16.2 Å². The number of carbonyl (C=O) groups excluding carboxylic acids is 2. The highest BCUT2D eigenvalue weighted by Crippen LogP contribution is 2.68. The van der Waals surface area contributed by atoms with Crippen LogP contribution in [0.4, 0.5) is 9.59 Å². The fourth-order valence-corrected chi connectivity index (χ4v) is 6.71. The average Bonchev–Trinajstić information content (AvgIpc) is 2.99. The lowest BCUT2D eigenvalue weighted by Gasteiger charge is -2.33. The Labute approximate surface area is 177 Å². The molecule has 0 aromatic heterocycles. The van der Waals surface area contributed by atoms with Crippen LogP contribution in [0.1, 0.15) is 21.5 Å². The van der Waals surface area contributed by atoms with Crippen LogP contribution in [0.3, 0.4) is 0 Å². The van der Waals surface area contributed by atoms with Gasteiger partial charge in [-0.05, 0) is 27.7 Å². The van der Waals surface area contributed by atoms with Crippen molar-refractivity contribution in [2.24, 2.45) is 11.5 Å². The van der Waals surface area contributed by atoms with E-state index < -0.39 is 53.9 Å². The first-order chi connectivity index (χ1) is 14.6. The van der Waals surface area contributed by atoms with Gasteiger partial charge in [0, 0.05) is 11.3 Å². The lowest BCUT2D eigenvalue weighted by molar-refractivity contribution is -0.135. The number of nitrogens with one attached hydrogen (secondary N) is 1. The molecule has 1 unspecified atom stereocenters. The molecule has 0 saturated heterocycles. The number of fused-ring (bicyclic) bond motifs is 1. The zero-order chi connectivity index (χ0) is 22.9. The van der Waals surface area contributed by atoms with Crippen LogP contribution in [-0.4, -0.2) is 50.2 Å². The van der Waals surface area contributed by atoms with Crippen molar-refractivity contribution in [3.63, 3.8) is 0 Å². The number of aromatic carboxylic acids is 1. The third-order valence-electron chi connectivity index (χ3n) is 4.91. The van der Waals surface area contributed by atoms with Crippen molar-refractivity contribution in [1.82, 2.24) is 0 Å². The Bertz CT molecular complexity index is 1100. The molecule has 0 fully saturated rings. The minimum Gasteiger partial charge on any atom is -0.493 e. The number of aliphatic carboxylic acids is 1. The fraction of sp³-hybridized carbons (Fsp3) is 0.150. The molecule has 2 aromatic carbocycles. The van der Waals surface area contributed by atoms with E-state index >= 15 is 0 Å². The summed E-state index contributed by atoms with van der Waals surface area (Å²) in [6, 6.07) is 11.6. The first kappa shape index (κ1) is 21.8. The Morgan fingerprint density at radius 3 is 2.13 bits per heavy atom. The van der Waals surface area contributed by atoms with Crippen molar-refractivity contribution in [3.8, 4) is 5.75 Å². The number of hydrogen-bond donors (Lipinski definition) is 5. The monoisotopic (exact) mass is 445 g/mol. The summed E-state index contributed by atoms with van der Waals surface area (Å²) in [6.07, 6.45) is 0.468. The van der Waals surface area contributed by atoms with Gasteiger partial charge < -0.3 is 31.8 Å². The zero-order valence-corrected chi connectivity index (χ0v) is 16.8. The van der Waals surface area contributed by atoms with Gasteiger partial charge in [-0.1, -0.05) is 30.3 Å². The van der Waals surface area contributed by atoms with E-state index in [9.17, 15) is 29.4 Å². The number of carbonyl (C=O) groups is 4. The molecule has 1 aliphatic heterocycles. The maximum atomic E-state index is 12.4. The molecule has 162 valence electrons. The standard InChI is InChI=1S/C20H19N3O7S/c21-14-13-12(30-9-8-10-4-2-1-3-5-10)7-6-11(17(24)25)15(13)31(19(22)28,20(23)29)16(14)18(26)27/h1-7,16,21H,8-9H2,(H2,22,28)(H2,23,29)(H,24,25)(H,26,27). The van der Waals surface area contributed by atoms with Gasteiger partial charge in [-0.2, -0.15) is 0 Å². The normalized spacial score (nSPS) is 17.4. The topological polar surface area (TPSA) is 194 Å². The molecule has 1 heterocycles. The molecule has 0 bridgehead atoms. The number of carboxylic acid groups (broad SMARTS) is 2. The van der Waals surface area contributed by atoms with Gasteiger partial charge in [-0.3, -0.25) is 14.4 Å². The van der Waals surface area contributed by atoms with Gasteiger partial charge in [0.15, 0.2) is 0 Å². The molecule has 1 atom stereocenters. The van der Waals surface area contributed by atoms with Gasteiger partial charge >= 0.3 is 11.9 Å². The number of ether oxygens (including phenoxy) is 1. The minimum atomic E-state index is -3.93. The SMILES string of the molecule is N=C1c2c(OCCc3ccccc3)ccc(C(=O)O)c2S(C(N)=O)(C(N)=O)C1C(=O)O. The number of benzene rings is 2. The van der Waals surface area contributed by atoms with E-state index in [-0.39, 0.29) is 17.9 Å². The predicted octanol–water partition coefficient (Wildman–Crippen LogP) is 2.16. The van der Waals surface area contributed by atoms with Gasteiger partial charge in [0.2, 0.25) is 0 Å². The van der Waals surface area contributed by atoms with Crippen molar-refractivity contribution in [2.45, 2.75) is 16.6 Å². The van der Waals surface area contributed by atoms with Gasteiger partial charge in [0.25, 0.3) is 10.5 Å². The summed E-state index contributed by atoms with van der Waals surface area (Å²) in [5.41, 5.74) is 10.4. The molecule has 0 spiro atoms. The number of hydrogen-bond acceptors (Lipinski definition) is 6. The smallest absolute Gasteiger partial charge is 0.336 e. The van der Waals surface area contributed by atoms with Gasteiger partial charge in [-0.25, -0.2) is 4.79 Å². The van der Waals surface area contributed by atoms with Crippen LogP contribution in [0.15, 0.2) is 47.4 Å². The Kier molecular flexibility index (Phi) is 5.71. The summed E-state index contributed by atoms with van der Waals surface area (Å²) in [6.45, 7) is 0.114. The molecule has 7 N–H and O–H groups in total. The summed E-state index contributed by atoms with van der Waals surface area (Å²) in [4.78, 5) is 48.2. The molecule has 31 heavy (non-hydrogen) atoms. The number of amides is 2. The molecular weight excluding hydrogens is 426 g/mol. The molecule has 2 amide bonds. The molecule has 0 saturated carbocycles. The fourth-order valence-electron chi connectivity index (χ4n) is 3.60. The highest BCUT2D eigenvalue weighted by Gasteiger charge is 2.60. The molecule has 0 radical (unpaired) electrons. The molecule has 11 heteroatoms. The molecule has 10 nitrogen and oxygen atoms in total. The first-order valence-electron chi connectivity index (χ1n) is 8.93. The van der Waals surface area contributed by atoms with Crippen molar-refractivity contribution < 1.29 is 34.1 Å². The maximum Gasteiger partial charge on any atom is 0.336 e. The quantitative estimate of drug-likeness (QED) is 0.449. The van der Waals surface area contributed by atoms with E-state index in [1.807, 2.05) is 30.3 Å². The number of carboxylic acids is 2. The van der Waals surface area contributed by atoms with Crippen LogP contribution in [0, 0.1) is 5.41 Å². The summed E-state index contributed by atoms with van der Waals surface area (Å²) in [5.74, 6) is -3.23.